The largest absolute Gasteiger partial charge is 0.495 e. The smallest absolute Gasteiger partial charge is 0.319 e. The van der Waals surface area contributed by atoms with E-state index in [0.717, 1.165) is 16.3 Å². The maximum Gasteiger partial charge on any atom is 0.319 e. The monoisotopic (exact) mass is 414 g/mol. The highest BCUT2D eigenvalue weighted by Crippen LogP contribution is 2.28. The fourth-order valence-electron chi connectivity index (χ4n) is 3.18. The molecule has 0 N–H and O–H groups in total. The topological polar surface area (TPSA) is 59.1 Å². The Morgan fingerprint density at radius 3 is 2.34 bits per heavy atom. The summed E-state index contributed by atoms with van der Waals surface area (Å²) < 4.78 is 10.7. The first-order chi connectivity index (χ1) is 14.1. The molecule has 0 bridgehead atoms. The normalized spacial score (nSPS) is 15.0. The number of piperazine rings is 1. The number of nitrogens with zero attached hydrogens (tertiary/aromatic N) is 2. The van der Waals surface area contributed by atoms with Crippen molar-refractivity contribution in [3.05, 3.63) is 54.6 Å². The van der Waals surface area contributed by atoms with Crippen LogP contribution in [0, 0.1) is 0 Å². The van der Waals surface area contributed by atoms with Crippen LogP contribution in [0.25, 0.3) is 0 Å². The zero-order chi connectivity index (χ0) is 20.6. The van der Waals surface area contributed by atoms with Gasteiger partial charge in [0.25, 0.3) is 5.91 Å². The van der Waals surface area contributed by atoms with Gasteiger partial charge < -0.3 is 19.3 Å². The number of esters is 1. The third-order valence-electron chi connectivity index (χ3n) is 4.78. The maximum atomic E-state index is 12.4. The molecule has 29 heavy (non-hydrogen) atoms. The minimum Gasteiger partial charge on any atom is -0.495 e. The van der Waals surface area contributed by atoms with E-state index in [1.807, 2.05) is 54.6 Å². The van der Waals surface area contributed by atoms with Gasteiger partial charge in [0.2, 0.25) is 0 Å². The van der Waals surface area contributed by atoms with Gasteiger partial charge in [-0.15, -0.1) is 11.8 Å². The number of carbonyl (C=O) groups is 2. The fraction of sp³-hybridized carbons (Fsp3) is 0.364. The van der Waals surface area contributed by atoms with Crippen molar-refractivity contribution in [1.29, 1.82) is 0 Å². The molecule has 3 rings (SSSR count). The van der Waals surface area contributed by atoms with Crippen molar-refractivity contribution < 1.29 is 19.1 Å². The summed E-state index contributed by atoms with van der Waals surface area (Å²) >= 11 is 1.42. The van der Waals surface area contributed by atoms with Crippen LogP contribution in [0.2, 0.25) is 0 Å². The molecule has 2 aromatic carbocycles. The Labute approximate surface area is 175 Å². The van der Waals surface area contributed by atoms with Crippen molar-refractivity contribution in [2.75, 3.05) is 44.8 Å². The number of hydrogen-bond acceptors (Lipinski definition) is 6. The third-order valence-corrected chi connectivity index (χ3v) is 5.87. The second-order valence-corrected chi connectivity index (χ2v) is 8.13. The highest BCUT2D eigenvalue weighted by atomic mass is 32.2. The van der Waals surface area contributed by atoms with Crippen molar-refractivity contribution in [2.45, 2.75) is 17.1 Å². The summed E-state index contributed by atoms with van der Waals surface area (Å²) in [6, 6.07) is 17.5. The van der Waals surface area contributed by atoms with Crippen molar-refractivity contribution in [3.63, 3.8) is 0 Å². The molecule has 0 spiro atoms. The number of rotatable bonds is 7. The number of methoxy groups -OCH3 is 1. The molecule has 2 aromatic rings. The summed E-state index contributed by atoms with van der Waals surface area (Å²) in [6.45, 7) is 4.16. The molecule has 0 aliphatic carbocycles. The average molecular weight is 415 g/mol. The first-order valence-corrected chi connectivity index (χ1v) is 10.5. The molecule has 1 atom stereocenters. The molecule has 0 saturated carbocycles. The van der Waals surface area contributed by atoms with Gasteiger partial charge in [-0.05, 0) is 31.2 Å². The number of carbonyl (C=O) groups excluding carboxylic acids is 2. The Hall–Kier alpha value is -2.67. The molecule has 1 heterocycles. The fourth-order valence-corrected chi connectivity index (χ4v) is 4.07. The van der Waals surface area contributed by atoms with E-state index < -0.39 is 0 Å². The molecule has 1 fully saturated rings. The first kappa shape index (κ1) is 21.0. The van der Waals surface area contributed by atoms with E-state index in [1.54, 1.807) is 18.9 Å². The van der Waals surface area contributed by atoms with E-state index in [1.165, 1.54) is 11.8 Å². The molecular formula is C22H26N2O4S. The van der Waals surface area contributed by atoms with Crippen LogP contribution in [0.5, 0.6) is 5.75 Å². The number of amides is 1. The lowest BCUT2D eigenvalue weighted by Gasteiger charge is -2.36. The lowest BCUT2D eigenvalue weighted by Crippen LogP contribution is -2.50. The highest BCUT2D eigenvalue weighted by molar-refractivity contribution is 8.00. The molecule has 154 valence electrons. The number of thioether (sulfide) groups is 1. The average Bonchev–Trinajstić information content (AvgIpc) is 2.78. The van der Waals surface area contributed by atoms with Gasteiger partial charge in [0.1, 0.15) is 11.0 Å². The number of benzene rings is 2. The van der Waals surface area contributed by atoms with Crippen LogP contribution >= 0.6 is 11.8 Å². The molecule has 7 heteroatoms. The Morgan fingerprint density at radius 1 is 1.00 bits per heavy atom. The van der Waals surface area contributed by atoms with E-state index >= 15 is 0 Å². The van der Waals surface area contributed by atoms with Gasteiger partial charge in [0.15, 0.2) is 6.61 Å². The number of ether oxygens (including phenoxy) is 2. The molecule has 1 aliphatic rings. The van der Waals surface area contributed by atoms with E-state index in [0.29, 0.717) is 26.2 Å². The van der Waals surface area contributed by atoms with Gasteiger partial charge in [-0.3, -0.25) is 9.59 Å². The molecule has 0 radical (unpaired) electrons. The predicted molar refractivity (Wildman–Crippen MR) is 115 cm³/mol. The highest BCUT2D eigenvalue weighted by Gasteiger charge is 2.24. The zero-order valence-electron chi connectivity index (χ0n) is 16.7. The summed E-state index contributed by atoms with van der Waals surface area (Å²) in [6.07, 6.45) is 0. The standard InChI is InChI=1S/C22H26N2O4S/c1-17(29-18-8-4-3-5-9-18)22(26)28-16-21(25)24-14-12-23(13-15-24)19-10-6-7-11-20(19)27-2/h3-11,17H,12-16H2,1-2H3/t17-/m1/s1. The minimum atomic E-state index is -0.375. The SMILES string of the molecule is COc1ccccc1N1CCN(C(=O)COC(=O)[C@@H](C)Sc2ccccc2)CC1. The summed E-state index contributed by atoms with van der Waals surface area (Å²) in [7, 11) is 1.66. The lowest BCUT2D eigenvalue weighted by molar-refractivity contribution is -0.151. The Bertz CT molecular complexity index is 823. The summed E-state index contributed by atoms with van der Waals surface area (Å²) in [5, 5.41) is -0.368. The second-order valence-electron chi connectivity index (χ2n) is 6.72. The van der Waals surface area contributed by atoms with Gasteiger partial charge in [0, 0.05) is 31.1 Å². The van der Waals surface area contributed by atoms with Gasteiger partial charge in [-0.2, -0.15) is 0 Å². The molecule has 0 unspecified atom stereocenters. The van der Waals surface area contributed by atoms with E-state index in [9.17, 15) is 9.59 Å². The van der Waals surface area contributed by atoms with Crippen LogP contribution in [0.15, 0.2) is 59.5 Å². The van der Waals surface area contributed by atoms with Crippen molar-refractivity contribution in [3.8, 4) is 5.75 Å². The molecule has 1 aliphatic heterocycles. The predicted octanol–water partition coefficient (Wildman–Crippen LogP) is 3.07. The summed E-state index contributed by atoms with van der Waals surface area (Å²) in [4.78, 5) is 29.6. The van der Waals surface area contributed by atoms with Crippen molar-refractivity contribution >= 4 is 29.3 Å². The number of hydrogen-bond donors (Lipinski definition) is 0. The molecule has 1 amide bonds. The Morgan fingerprint density at radius 2 is 1.66 bits per heavy atom. The van der Waals surface area contributed by atoms with E-state index in [-0.39, 0.29) is 23.7 Å². The molecular weight excluding hydrogens is 388 g/mol. The van der Waals surface area contributed by atoms with E-state index in [2.05, 4.69) is 4.90 Å². The Balaban J connectivity index is 1.44. The molecule has 6 nitrogen and oxygen atoms in total. The lowest BCUT2D eigenvalue weighted by atomic mass is 10.2. The first-order valence-electron chi connectivity index (χ1n) is 9.62. The Kier molecular flexibility index (Phi) is 7.41. The van der Waals surface area contributed by atoms with Crippen LogP contribution in [0.4, 0.5) is 5.69 Å². The molecule has 1 saturated heterocycles. The molecule has 0 aromatic heterocycles. The minimum absolute atomic E-state index is 0.157. The van der Waals surface area contributed by atoms with Gasteiger partial charge >= 0.3 is 5.97 Å². The van der Waals surface area contributed by atoms with E-state index in [4.69, 9.17) is 9.47 Å². The quantitative estimate of drug-likeness (QED) is 0.513. The summed E-state index contributed by atoms with van der Waals surface area (Å²) in [5.74, 6) is 0.293. The van der Waals surface area contributed by atoms with Crippen LogP contribution in [0.1, 0.15) is 6.92 Å². The second kappa shape index (κ2) is 10.2. The van der Waals surface area contributed by atoms with Crippen molar-refractivity contribution in [1.82, 2.24) is 4.90 Å². The van der Waals surface area contributed by atoms with Crippen molar-refractivity contribution in [2.24, 2.45) is 0 Å². The third kappa shape index (κ3) is 5.67. The van der Waals surface area contributed by atoms with Crippen LogP contribution in [0.3, 0.4) is 0 Å². The summed E-state index contributed by atoms with van der Waals surface area (Å²) in [5.41, 5.74) is 1.03. The number of anilines is 1. The number of para-hydroxylation sites is 2. The van der Waals surface area contributed by atoms with Gasteiger partial charge in [-0.25, -0.2) is 0 Å². The van der Waals surface area contributed by atoms with Gasteiger partial charge in [-0.1, -0.05) is 30.3 Å². The van der Waals surface area contributed by atoms with Crippen LogP contribution in [-0.4, -0.2) is 61.9 Å². The zero-order valence-corrected chi connectivity index (χ0v) is 17.6. The maximum absolute atomic E-state index is 12.4. The van der Waals surface area contributed by atoms with Gasteiger partial charge in [0.05, 0.1) is 12.8 Å². The van der Waals surface area contributed by atoms with Crippen LogP contribution < -0.4 is 9.64 Å². The van der Waals surface area contributed by atoms with Crippen LogP contribution in [-0.2, 0) is 14.3 Å².